The number of methoxy groups -OCH3 is 1. The van der Waals surface area contributed by atoms with E-state index in [1.165, 1.54) is 5.39 Å². The fourth-order valence-electron chi connectivity index (χ4n) is 5.62. The van der Waals surface area contributed by atoms with Crippen molar-refractivity contribution in [3.63, 3.8) is 0 Å². The molecule has 3 heterocycles. The predicted molar refractivity (Wildman–Crippen MR) is 174 cm³/mol. The zero-order chi connectivity index (χ0) is 29.6. The van der Waals surface area contributed by atoms with Crippen molar-refractivity contribution in [1.82, 2.24) is 29.6 Å². The molecule has 3 aromatic heterocycles. The van der Waals surface area contributed by atoms with Crippen molar-refractivity contribution in [2.24, 2.45) is 0 Å². The molecule has 7 heteroatoms. The van der Waals surface area contributed by atoms with Gasteiger partial charge in [-0.3, -0.25) is 15.0 Å². The van der Waals surface area contributed by atoms with E-state index in [1.54, 1.807) is 7.11 Å². The third kappa shape index (κ3) is 5.13. The lowest BCUT2D eigenvalue weighted by atomic mass is 9.99. The Balaban J connectivity index is 1.44. The molecule has 4 aromatic carbocycles. The number of hydrogen-bond donors (Lipinski definition) is 1. The molecule has 0 amide bonds. The van der Waals surface area contributed by atoms with Gasteiger partial charge < -0.3 is 9.30 Å². The summed E-state index contributed by atoms with van der Waals surface area (Å²) in [5.74, 6) is 1.67. The highest BCUT2D eigenvalue weighted by Gasteiger charge is 2.22. The van der Waals surface area contributed by atoms with E-state index in [4.69, 9.17) is 14.8 Å². The summed E-state index contributed by atoms with van der Waals surface area (Å²) in [6.45, 7) is 7.76. The average molecular weight is 567 g/mol. The van der Waals surface area contributed by atoms with E-state index >= 15 is 0 Å². The standard InChI is InChI=1S/C36H34N6O/c1-36(2,3)38-23-41-33-12-8-7-11-31(33)39-35(41)34-29-19-25(30-21-37-20-26-9-5-6-10-28(26)30)15-18-32(29)42(40-34)22-24-13-16-27(43-4)17-14-24/h5-21,38H,22-23H2,1-4H3. The van der Waals surface area contributed by atoms with E-state index in [2.05, 4.69) is 113 Å². The van der Waals surface area contributed by atoms with Crippen LogP contribution in [0.15, 0.2) is 103 Å². The minimum absolute atomic E-state index is 0.0625. The molecule has 0 fully saturated rings. The van der Waals surface area contributed by atoms with E-state index in [1.807, 2.05) is 30.6 Å². The number of para-hydroxylation sites is 2. The average Bonchev–Trinajstić information content (AvgIpc) is 3.57. The van der Waals surface area contributed by atoms with Crippen LogP contribution in [0.2, 0.25) is 0 Å². The highest BCUT2D eigenvalue weighted by Crippen LogP contribution is 2.35. The first-order valence-corrected chi connectivity index (χ1v) is 14.6. The van der Waals surface area contributed by atoms with Gasteiger partial charge in [0.05, 0.1) is 36.9 Å². The fourth-order valence-corrected chi connectivity index (χ4v) is 5.62. The monoisotopic (exact) mass is 566 g/mol. The highest BCUT2D eigenvalue weighted by atomic mass is 16.5. The lowest BCUT2D eigenvalue weighted by Gasteiger charge is -2.22. The Bertz CT molecular complexity index is 2080. The molecule has 0 aliphatic heterocycles. The quantitative estimate of drug-likeness (QED) is 0.214. The van der Waals surface area contributed by atoms with Crippen molar-refractivity contribution >= 4 is 32.7 Å². The van der Waals surface area contributed by atoms with Gasteiger partial charge in [0, 0.05) is 34.3 Å². The molecule has 0 atom stereocenters. The second-order valence-electron chi connectivity index (χ2n) is 11.9. The molecule has 0 saturated carbocycles. The molecule has 0 saturated heterocycles. The van der Waals surface area contributed by atoms with Crippen molar-refractivity contribution in [2.45, 2.75) is 39.5 Å². The largest absolute Gasteiger partial charge is 0.497 e. The lowest BCUT2D eigenvalue weighted by Crippen LogP contribution is -2.37. The summed E-state index contributed by atoms with van der Waals surface area (Å²) in [5, 5.41) is 12.2. The summed E-state index contributed by atoms with van der Waals surface area (Å²) in [7, 11) is 1.69. The minimum Gasteiger partial charge on any atom is -0.497 e. The smallest absolute Gasteiger partial charge is 0.163 e. The Morgan fingerprint density at radius 2 is 1.60 bits per heavy atom. The Hall–Kier alpha value is -5.01. The summed E-state index contributed by atoms with van der Waals surface area (Å²) < 4.78 is 9.71. The molecule has 7 aromatic rings. The van der Waals surface area contributed by atoms with Crippen LogP contribution in [0.1, 0.15) is 26.3 Å². The van der Waals surface area contributed by atoms with Crippen LogP contribution in [0.4, 0.5) is 0 Å². The highest BCUT2D eigenvalue weighted by molar-refractivity contribution is 6.01. The first kappa shape index (κ1) is 26.9. The molecule has 0 unspecified atom stereocenters. The summed E-state index contributed by atoms with van der Waals surface area (Å²) in [4.78, 5) is 9.71. The number of rotatable bonds is 7. The van der Waals surface area contributed by atoms with Crippen LogP contribution < -0.4 is 10.1 Å². The topological polar surface area (TPSA) is 69.8 Å². The van der Waals surface area contributed by atoms with Crippen LogP contribution in [0.25, 0.3) is 55.4 Å². The van der Waals surface area contributed by atoms with Gasteiger partial charge in [-0.25, -0.2) is 4.98 Å². The van der Waals surface area contributed by atoms with Gasteiger partial charge in [-0.2, -0.15) is 5.10 Å². The Morgan fingerprint density at radius 3 is 2.42 bits per heavy atom. The van der Waals surface area contributed by atoms with E-state index in [-0.39, 0.29) is 5.54 Å². The summed E-state index contributed by atoms with van der Waals surface area (Å²) in [5.41, 5.74) is 7.18. The van der Waals surface area contributed by atoms with Crippen LogP contribution >= 0.6 is 0 Å². The van der Waals surface area contributed by atoms with Gasteiger partial charge >= 0.3 is 0 Å². The van der Waals surface area contributed by atoms with Gasteiger partial charge in [-0.05, 0) is 73.7 Å². The molecule has 0 spiro atoms. The molecule has 0 radical (unpaired) electrons. The molecule has 0 aliphatic rings. The van der Waals surface area contributed by atoms with Crippen LogP contribution in [-0.4, -0.2) is 37.0 Å². The molecule has 0 bridgehead atoms. The zero-order valence-corrected chi connectivity index (χ0v) is 24.9. The second kappa shape index (κ2) is 10.7. The van der Waals surface area contributed by atoms with E-state index in [0.717, 1.165) is 61.3 Å². The molecule has 214 valence electrons. The number of imidazole rings is 1. The summed E-state index contributed by atoms with van der Waals surface area (Å²) >= 11 is 0. The predicted octanol–water partition coefficient (Wildman–Crippen LogP) is 7.67. The third-order valence-electron chi connectivity index (χ3n) is 7.85. The van der Waals surface area contributed by atoms with Gasteiger partial charge in [-0.1, -0.05) is 54.6 Å². The Morgan fingerprint density at radius 1 is 0.814 bits per heavy atom. The number of hydrogen-bond acceptors (Lipinski definition) is 5. The van der Waals surface area contributed by atoms with Crippen LogP contribution in [-0.2, 0) is 13.2 Å². The SMILES string of the molecule is COc1ccc(Cn2nc(-c3nc4ccccc4n3CNC(C)(C)C)c3cc(-c4cncc5ccccc45)ccc32)cc1. The van der Waals surface area contributed by atoms with Crippen LogP contribution in [0.5, 0.6) is 5.75 Å². The molecular formula is C36H34N6O. The van der Waals surface area contributed by atoms with Crippen LogP contribution in [0.3, 0.4) is 0 Å². The van der Waals surface area contributed by atoms with E-state index < -0.39 is 0 Å². The first-order chi connectivity index (χ1) is 20.9. The maximum absolute atomic E-state index is 5.38. The summed E-state index contributed by atoms with van der Waals surface area (Å²) in [6.07, 6.45) is 3.87. The van der Waals surface area contributed by atoms with E-state index in [0.29, 0.717) is 13.2 Å². The van der Waals surface area contributed by atoms with E-state index in [9.17, 15) is 0 Å². The van der Waals surface area contributed by atoms with Crippen molar-refractivity contribution in [1.29, 1.82) is 0 Å². The van der Waals surface area contributed by atoms with Gasteiger partial charge in [-0.15, -0.1) is 0 Å². The van der Waals surface area contributed by atoms with Gasteiger partial charge in [0.25, 0.3) is 0 Å². The minimum atomic E-state index is -0.0625. The van der Waals surface area contributed by atoms with Crippen molar-refractivity contribution < 1.29 is 4.74 Å². The van der Waals surface area contributed by atoms with Crippen molar-refractivity contribution in [3.05, 3.63) is 109 Å². The molecule has 0 aliphatic carbocycles. The molecule has 7 nitrogen and oxygen atoms in total. The number of nitrogens with one attached hydrogen (secondary N) is 1. The van der Waals surface area contributed by atoms with Crippen molar-refractivity contribution in [3.8, 4) is 28.4 Å². The molecule has 1 N–H and O–H groups in total. The zero-order valence-electron chi connectivity index (χ0n) is 24.9. The number of pyridine rings is 1. The number of aromatic nitrogens is 5. The number of fused-ring (bicyclic) bond motifs is 3. The second-order valence-corrected chi connectivity index (χ2v) is 11.9. The van der Waals surface area contributed by atoms with Gasteiger partial charge in [0.15, 0.2) is 5.82 Å². The van der Waals surface area contributed by atoms with Gasteiger partial charge in [0.1, 0.15) is 11.4 Å². The number of nitrogens with zero attached hydrogens (tertiary/aromatic N) is 5. The maximum atomic E-state index is 5.38. The third-order valence-corrected chi connectivity index (χ3v) is 7.85. The first-order valence-electron chi connectivity index (χ1n) is 14.6. The van der Waals surface area contributed by atoms with Gasteiger partial charge in [0.2, 0.25) is 0 Å². The molecular weight excluding hydrogens is 532 g/mol. The fraction of sp³-hybridized carbons (Fsp3) is 0.194. The summed E-state index contributed by atoms with van der Waals surface area (Å²) in [6, 6.07) is 31.4. The van der Waals surface area contributed by atoms with Crippen molar-refractivity contribution in [2.75, 3.05) is 7.11 Å². The normalized spacial score (nSPS) is 12.0. The number of benzene rings is 4. The molecule has 7 rings (SSSR count). The Labute approximate surface area is 250 Å². The molecule has 43 heavy (non-hydrogen) atoms. The lowest BCUT2D eigenvalue weighted by molar-refractivity contribution is 0.384. The van der Waals surface area contributed by atoms with Crippen LogP contribution in [0, 0.1) is 0 Å². The number of ether oxygens (including phenoxy) is 1. The maximum Gasteiger partial charge on any atom is 0.163 e. The Kier molecular flexibility index (Phi) is 6.67.